The molecule has 2 saturated carbocycles. The van der Waals surface area contributed by atoms with Gasteiger partial charge in [0.15, 0.2) is 6.20 Å². The van der Waals surface area contributed by atoms with Crippen molar-refractivity contribution >= 4 is 0 Å². The Bertz CT molecular complexity index is 1650. The Labute approximate surface area is 239 Å². The molecule has 2 spiro atoms. The van der Waals surface area contributed by atoms with Crippen molar-refractivity contribution in [2.75, 3.05) is 0 Å². The zero-order chi connectivity index (χ0) is 29.1. The van der Waals surface area contributed by atoms with Crippen molar-refractivity contribution in [3.63, 3.8) is 0 Å². The molecule has 198 valence electrons. The molecule has 1 heterocycles. The molecule has 7 rings (SSSR count). The SMILES string of the molecule is [2H]C([2H])([2H])c1c[n+](C)c(-c2ccccc2C)cc1-c1ccc2c(c1)C1(CCCCC1)c1ccccc1C21CCCCC1. The lowest BCUT2D eigenvalue weighted by atomic mass is 9.51. The second kappa shape index (κ2) is 9.47. The fourth-order valence-electron chi connectivity index (χ4n) is 8.54. The Morgan fingerprint density at radius 2 is 1.21 bits per heavy atom. The molecule has 0 aliphatic heterocycles. The van der Waals surface area contributed by atoms with Crippen LogP contribution in [-0.2, 0) is 17.9 Å². The summed E-state index contributed by atoms with van der Waals surface area (Å²) in [5.74, 6) is 0. The van der Waals surface area contributed by atoms with Crippen LogP contribution in [0.3, 0.4) is 0 Å². The highest BCUT2D eigenvalue weighted by Gasteiger charge is 2.50. The maximum Gasteiger partial charge on any atom is 0.213 e. The first-order valence-electron chi connectivity index (χ1n) is 16.6. The number of pyridine rings is 1. The Balaban J connectivity index is 1.50. The summed E-state index contributed by atoms with van der Waals surface area (Å²) in [5.41, 5.74) is 11.8. The number of rotatable bonds is 2. The van der Waals surface area contributed by atoms with E-state index in [9.17, 15) is 0 Å². The van der Waals surface area contributed by atoms with Gasteiger partial charge in [0.25, 0.3) is 0 Å². The molecule has 2 fully saturated rings. The Hall–Kier alpha value is -3.19. The van der Waals surface area contributed by atoms with Crippen molar-refractivity contribution in [3.8, 4) is 22.4 Å². The van der Waals surface area contributed by atoms with Gasteiger partial charge in [0.1, 0.15) is 7.05 Å². The molecule has 39 heavy (non-hydrogen) atoms. The molecule has 4 aromatic rings. The van der Waals surface area contributed by atoms with Gasteiger partial charge in [0, 0.05) is 32.1 Å². The lowest BCUT2D eigenvalue weighted by Gasteiger charge is -2.52. The largest absolute Gasteiger partial charge is 0.213 e. The van der Waals surface area contributed by atoms with Gasteiger partial charge in [0.2, 0.25) is 5.69 Å². The van der Waals surface area contributed by atoms with Crippen LogP contribution in [0.5, 0.6) is 0 Å². The average Bonchev–Trinajstić information content (AvgIpc) is 3.01. The van der Waals surface area contributed by atoms with E-state index >= 15 is 0 Å². The molecule has 0 N–H and O–H groups in total. The fourth-order valence-corrected chi connectivity index (χ4v) is 8.54. The van der Waals surface area contributed by atoms with Crippen molar-refractivity contribution in [1.82, 2.24) is 0 Å². The van der Waals surface area contributed by atoms with E-state index in [0.29, 0.717) is 5.56 Å². The lowest BCUT2D eigenvalue weighted by molar-refractivity contribution is -0.660. The Morgan fingerprint density at radius 3 is 1.85 bits per heavy atom. The number of nitrogens with zero attached hydrogens (tertiary/aromatic N) is 1. The smallest absolute Gasteiger partial charge is 0.201 e. The van der Waals surface area contributed by atoms with E-state index in [2.05, 4.69) is 79.7 Å². The predicted molar refractivity (Wildman–Crippen MR) is 162 cm³/mol. The molecule has 1 aromatic heterocycles. The number of hydrogen-bond donors (Lipinski definition) is 0. The molecule has 0 saturated heterocycles. The van der Waals surface area contributed by atoms with E-state index in [4.69, 9.17) is 4.11 Å². The summed E-state index contributed by atoms with van der Waals surface area (Å²) in [5, 5.41) is 0. The zero-order valence-electron chi connectivity index (χ0n) is 26.5. The van der Waals surface area contributed by atoms with Crippen molar-refractivity contribution < 1.29 is 8.68 Å². The molecule has 0 bridgehead atoms. The lowest BCUT2D eigenvalue weighted by Crippen LogP contribution is -2.44. The van der Waals surface area contributed by atoms with E-state index < -0.39 is 6.85 Å². The normalized spacial score (nSPS) is 20.5. The number of hydrogen-bond acceptors (Lipinski definition) is 0. The third-order valence-electron chi connectivity index (χ3n) is 10.4. The first-order valence-corrected chi connectivity index (χ1v) is 15.1. The summed E-state index contributed by atoms with van der Waals surface area (Å²) in [6, 6.07) is 27.0. The maximum atomic E-state index is 8.53. The van der Waals surface area contributed by atoms with Gasteiger partial charge in [-0.3, -0.25) is 0 Å². The molecular weight excluding hydrogens is 470 g/mol. The highest BCUT2D eigenvalue weighted by molar-refractivity contribution is 5.75. The first kappa shape index (κ1) is 21.6. The van der Waals surface area contributed by atoms with Crippen LogP contribution in [0, 0.1) is 13.8 Å². The summed E-state index contributed by atoms with van der Waals surface area (Å²) >= 11 is 0. The van der Waals surface area contributed by atoms with Gasteiger partial charge in [-0.15, -0.1) is 0 Å². The first-order chi connectivity index (χ1) is 20.2. The van der Waals surface area contributed by atoms with Crippen LogP contribution in [0.25, 0.3) is 22.4 Å². The van der Waals surface area contributed by atoms with Gasteiger partial charge < -0.3 is 0 Å². The summed E-state index contributed by atoms with van der Waals surface area (Å²) < 4.78 is 27.6. The monoisotopic (exact) mass is 515 g/mol. The minimum Gasteiger partial charge on any atom is -0.201 e. The van der Waals surface area contributed by atoms with Gasteiger partial charge in [-0.2, -0.15) is 0 Å². The molecule has 1 heteroatoms. The van der Waals surface area contributed by atoms with Crippen molar-refractivity contribution in [3.05, 3.63) is 112 Å². The zero-order valence-corrected chi connectivity index (χ0v) is 23.5. The van der Waals surface area contributed by atoms with Crippen molar-refractivity contribution in [2.24, 2.45) is 7.05 Å². The molecule has 0 atom stereocenters. The highest BCUT2D eigenvalue weighted by atomic mass is 14.9. The Morgan fingerprint density at radius 1 is 0.615 bits per heavy atom. The summed E-state index contributed by atoms with van der Waals surface area (Å²) in [6.45, 7) is -0.0908. The van der Waals surface area contributed by atoms with Crippen LogP contribution in [0.4, 0.5) is 0 Å². The van der Waals surface area contributed by atoms with Crippen LogP contribution in [0.2, 0.25) is 0 Å². The highest BCUT2D eigenvalue weighted by Crippen LogP contribution is 2.59. The number of aromatic nitrogens is 1. The van der Waals surface area contributed by atoms with Crippen molar-refractivity contribution in [1.29, 1.82) is 0 Å². The molecule has 3 aromatic carbocycles. The quantitative estimate of drug-likeness (QED) is 0.234. The average molecular weight is 516 g/mol. The molecular formula is C38H42N+. The minimum absolute atomic E-state index is 0.00131. The number of fused-ring (bicyclic) bond motifs is 6. The van der Waals surface area contributed by atoms with E-state index in [1.165, 1.54) is 80.9 Å². The van der Waals surface area contributed by atoms with Crippen LogP contribution in [-0.4, -0.2) is 0 Å². The van der Waals surface area contributed by atoms with E-state index in [0.717, 1.165) is 22.4 Å². The van der Waals surface area contributed by atoms with Gasteiger partial charge in [-0.25, -0.2) is 4.57 Å². The van der Waals surface area contributed by atoms with E-state index in [1.807, 2.05) is 17.8 Å². The van der Waals surface area contributed by atoms with E-state index in [-0.39, 0.29) is 10.8 Å². The van der Waals surface area contributed by atoms with Gasteiger partial charge in [-0.05, 0) is 90.5 Å². The minimum atomic E-state index is -2.22. The van der Waals surface area contributed by atoms with Crippen LogP contribution < -0.4 is 4.57 Å². The predicted octanol–water partition coefficient (Wildman–Crippen LogP) is 9.28. The van der Waals surface area contributed by atoms with Gasteiger partial charge >= 0.3 is 0 Å². The Kier molecular flexibility index (Phi) is 5.25. The van der Waals surface area contributed by atoms with Crippen LogP contribution in [0.1, 0.15) is 102 Å². The third kappa shape index (κ3) is 3.76. The molecule has 0 unspecified atom stereocenters. The molecule has 1 nitrogen and oxygen atoms in total. The van der Waals surface area contributed by atoms with Crippen LogP contribution in [0.15, 0.2) is 79.0 Å². The maximum absolute atomic E-state index is 8.53. The molecule has 0 radical (unpaired) electrons. The van der Waals surface area contributed by atoms with Gasteiger partial charge in [-0.1, -0.05) is 93.1 Å². The molecule has 3 aliphatic carbocycles. The second-order valence-corrected chi connectivity index (χ2v) is 12.5. The fraction of sp³-hybridized carbons (Fsp3) is 0.395. The van der Waals surface area contributed by atoms with Crippen LogP contribution >= 0.6 is 0 Å². The van der Waals surface area contributed by atoms with Crippen molar-refractivity contribution in [2.45, 2.75) is 88.8 Å². The second-order valence-electron chi connectivity index (χ2n) is 12.5. The third-order valence-corrected chi connectivity index (χ3v) is 10.4. The summed E-state index contributed by atoms with van der Waals surface area (Å²) in [6.07, 6.45) is 14.2. The standard InChI is InChI=1S/C38H42N/c1-27-14-6-7-15-30(27)36-25-31(28(2)26-39(36)3)29-18-19-34-35(24-29)38(22-12-5-13-23-38)33-17-9-8-16-32(33)37(34)20-10-4-11-21-37/h6-9,14-19,24-26H,4-5,10-13,20-23H2,1-3H3/q+1/i2D3. The summed E-state index contributed by atoms with van der Waals surface area (Å²) in [7, 11) is 1.97. The summed E-state index contributed by atoms with van der Waals surface area (Å²) in [4.78, 5) is 0. The number of benzene rings is 3. The molecule has 3 aliphatic rings. The van der Waals surface area contributed by atoms with Gasteiger partial charge in [0.05, 0.1) is 0 Å². The topological polar surface area (TPSA) is 3.88 Å². The molecule has 0 amide bonds. The van der Waals surface area contributed by atoms with E-state index in [1.54, 1.807) is 11.1 Å². The number of aryl methyl sites for hydroxylation is 3.